The highest BCUT2D eigenvalue weighted by Gasteiger charge is 2.16. The molecule has 0 spiro atoms. The number of pyridine rings is 1. The van der Waals surface area contributed by atoms with Crippen LogP contribution in [0.15, 0.2) is 52.7 Å². The molecule has 2 rings (SSSR count). The van der Waals surface area contributed by atoms with Gasteiger partial charge in [-0.25, -0.2) is 9.98 Å². The van der Waals surface area contributed by atoms with Crippen LogP contribution in [0, 0.1) is 0 Å². The first-order valence-electron chi connectivity index (χ1n) is 4.71. The molecule has 0 unspecified atom stereocenters. The Bertz CT molecular complexity index is 481. The molecule has 0 aromatic carbocycles. The lowest BCUT2D eigenvalue weighted by molar-refractivity contribution is 1.25. The Hall–Kier alpha value is -2.03. The molecule has 0 aliphatic carbocycles. The number of allylic oxidation sites excluding steroid dienone is 2. The van der Waals surface area contributed by atoms with Crippen molar-refractivity contribution >= 4 is 17.7 Å². The van der Waals surface area contributed by atoms with Crippen LogP contribution in [0.3, 0.4) is 0 Å². The van der Waals surface area contributed by atoms with Gasteiger partial charge in [0.05, 0.1) is 5.71 Å². The third kappa shape index (κ3) is 1.64. The summed E-state index contributed by atoms with van der Waals surface area (Å²) < 4.78 is 0. The van der Waals surface area contributed by atoms with E-state index in [9.17, 15) is 0 Å². The summed E-state index contributed by atoms with van der Waals surface area (Å²) in [6, 6.07) is 3.84. The summed E-state index contributed by atoms with van der Waals surface area (Å²) >= 11 is 0. The SMILES string of the molecule is C=CN=C1/C(=C\C)C=Nc2ncccc21. The van der Waals surface area contributed by atoms with Gasteiger partial charge in [0, 0.05) is 29.7 Å². The number of hydrogen-bond acceptors (Lipinski definition) is 3. The molecule has 0 saturated carbocycles. The number of hydrogen-bond donors (Lipinski definition) is 0. The second kappa shape index (κ2) is 4.00. The summed E-state index contributed by atoms with van der Waals surface area (Å²) in [5.74, 6) is 0.712. The molecule has 3 heteroatoms. The van der Waals surface area contributed by atoms with Gasteiger partial charge in [-0.3, -0.25) is 4.99 Å². The van der Waals surface area contributed by atoms with E-state index in [4.69, 9.17) is 0 Å². The molecule has 15 heavy (non-hydrogen) atoms. The van der Waals surface area contributed by atoms with Gasteiger partial charge >= 0.3 is 0 Å². The highest BCUT2D eigenvalue weighted by molar-refractivity contribution is 6.27. The largest absolute Gasteiger partial charge is 0.256 e. The van der Waals surface area contributed by atoms with Crippen LogP contribution in [0.2, 0.25) is 0 Å². The average Bonchev–Trinajstić information content (AvgIpc) is 2.30. The predicted octanol–water partition coefficient (Wildman–Crippen LogP) is 2.68. The molecule has 1 aliphatic rings. The molecule has 2 heterocycles. The van der Waals surface area contributed by atoms with Crippen LogP contribution < -0.4 is 0 Å². The van der Waals surface area contributed by atoms with Crippen LogP contribution >= 0.6 is 0 Å². The Labute approximate surface area is 88.6 Å². The summed E-state index contributed by atoms with van der Waals surface area (Å²) in [6.45, 7) is 5.58. The van der Waals surface area contributed by atoms with Crippen molar-refractivity contribution in [3.63, 3.8) is 0 Å². The summed E-state index contributed by atoms with van der Waals surface area (Å²) in [7, 11) is 0. The first-order valence-corrected chi connectivity index (χ1v) is 4.71. The average molecular weight is 197 g/mol. The minimum Gasteiger partial charge on any atom is -0.256 e. The Morgan fingerprint density at radius 2 is 2.33 bits per heavy atom. The van der Waals surface area contributed by atoms with Crippen LogP contribution in [0.4, 0.5) is 5.82 Å². The van der Waals surface area contributed by atoms with Crippen molar-refractivity contribution < 1.29 is 0 Å². The molecule has 0 N–H and O–H groups in total. The van der Waals surface area contributed by atoms with E-state index in [0.29, 0.717) is 5.82 Å². The molecule has 0 amide bonds. The van der Waals surface area contributed by atoms with Gasteiger partial charge in [-0.2, -0.15) is 0 Å². The minimum atomic E-state index is 0.712. The third-order valence-electron chi connectivity index (χ3n) is 2.17. The Morgan fingerprint density at radius 1 is 1.47 bits per heavy atom. The van der Waals surface area contributed by atoms with Crippen LogP contribution in [0.1, 0.15) is 12.5 Å². The summed E-state index contributed by atoms with van der Waals surface area (Å²) in [4.78, 5) is 12.7. The summed E-state index contributed by atoms with van der Waals surface area (Å²) in [6.07, 6.45) is 7.01. The van der Waals surface area contributed by atoms with E-state index >= 15 is 0 Å². The van der Waals surface area contributed by atoms with Gasteiger partial charge in [0.1, 0.15) is 0 Å². The molecule has 3 nitrogen and oxygen atoms in total. The zero-order valence-corrected chi connectivity index (χ0v) is 8.51. The Kier molecular flexibility index (Phi) is 2.54. The Morgan fingerprint density at radius 3 is 3.07 bits per heavy atom. The van der Waals surface area contributed by atoms with Crippen molar-refractivity contribution in [2.24, 2.45) is 9.98 Å². The van der Waals surface area contributed by atoms with Gasteiger partial charge in [0.25, 0.3) is 0 Å². The maximum Gasteiger partial charge on any atom is 0.161 e. The van der Waals surface area contributed by atoms with Crippen molar-refractivity contribution in [3.05, 3.63) is 48.3 Å². The summed E-state index contributed by atoms with van der Waals surface area (Å²) in [5, 5.41) is 0. The second-order valence-corrected chi connectivity index (χ2v) is 3.04. The van der Waals surface area contributed by atoms with Gasteiger partial charge in [0.15, 0.2) is 5.82 Å². The van der Waals surface area contributed by atoms with Crippen molar-refractivity contribution in [2.45, 2.75) is 6.92 Å². The number of aromatic nitrogens is 1. The minimum absolute atomic E-state index is 0.712. The maximum absolute atomic E-state index is 4.26. The first-order chi connectivity index (χ1) is 7.36. The molecule has 0 radical (unpaired) electrons. The quantitative estimate of drug-likeness (QED) is 0.682. The first kappa shape index (κ1) is 9.52. The molecular weight excluding hydrogens is 186 g/mol. The zero-order chi connectivity index (χ0) is 10.7. The van der Waals surface area contributed by atoms with Crippen LogP contribution in [-0.4, -0.2) is 16.9 Å². The van der Waals surface area contributed by atoms with Gasteiger partial charge in [-0.05, 0) is 19.1 Å². The normalized spacial score (nSPS) is 19.3. The fourth-order valence-corrected chi connectivity index (χ4v) is 1.48. The lowest BCUT2D eigenvalue weighted by Crippen LogP contribution is -2.10. The zero-order valence-electron chi connectivity index (χ0n) is 8.51. The number of aliphatic imine (C=N–C) groups is 2. The molecule has 0 saturated heterocycles. The predicted molar refractivity (Wildman–Crippen MR) is 62.9 cm³/mol. The van der Waals surface area contributed by atoms with E-state index in [1.54, 1.807) is 12.4 Å². The molecule has 1 aromatic heterocycles. The van der Waals surface area contributed by atoms with Gasteiger partial charge < -0.3 is 0 Å². The van der Waals surface area contributed by atoms with Crippen molar-refractivity contribution in [1.29, 1.82) is 0 Å². The van der Waals surface area contributed by atoms with Crippen molar-refractivity contribution in [3.8, 4) is 0 Å². The second-order valence-electron chi connectivity index (χ2n) is 3.04. The molecular formula is C12H11N3. The molecule has 74 valence electrons. The van der Waals surface area contributed by atoms with E-state index in [1.165, 1.54) is 6.20 Å². The van der Waals surface area contributed by atoms with Gasteiger partial charge in [-0.15, -0.1) is 0 Å². The van der Waals surface area contributed by atoms with Crippen LogP contribution in [0.5, 0.6) is 0 Å². The van der Waals surface area contributed by atoms with E-state index in [-0.39, 0.29) is 0 Å². The monoisotopic (exact) mass is 197 g/mol. The van der Waals surface area contributed by atoms with Crippen molar-refractivity contribution in [1.82, 2.24) is 4.98 Å². The Balaban J connectivity index is 2.65. The van der Waals surface area contributed by atoms with E-state index in [1.807, 2.05) is 25.1 Å². The van der Waals surface area contributed by atoms with Crippen LogP contribution in [0.25, 0.3) is 0 Å². The van der Waals surface area contributed by atoms with Crippen LogP contribution in [-0.2, 0) is 0 Å². The van der Waals surface area contributed by atoms with E-state index < -0.39 is 0 Å². The molecule has 0 atom stereocenters. The molecule has 1 aliphatic heterocycles. The number of nitrogens with zero attached hydrogens (tertiary/aromatic N) is 3. The smallest absolute Gasteiger partial charge is 0.161 e. The maximum atomic E-state index is 4.26. The van der Waals surface area contributed by atoms with Crippen molar-refractivity contribution in [2.75, 3.05) is 0 Å². The number of rotatable bonds is 1. The lowest BCUT2D eigenvalue weighted by atomic mass is 10.0. The molecule has 1 aromatic rings. The fourth-order valence-electron chi connectivity index (χ4n) is 1.48. The van der Waals surface area contributed by atoms with Gasteiger partial charge in [0.2, 0.25) is 0 Å². The van der Waals surface area contributed by atoms with Gasteiger partial charge in [-0.1, -0.05) is 12.7 Å². The third-order valence-corrected chi connectivity index (χ3v) is 2.17. The number of fused-ring (bicyclic) bond motifs is 1. The highest BCUT2D eigenvalue weighted by atomic mass is 14.9. The molecule has 0 fully saturated rings. The lowest BCUT2D eigenvalue weighted by Gasteiger charge is -2.12. The topological polar surface area (TPSA) is 37.6 Å². The summed E-state index contributed by atoms with van der Waals surface area (Å²) in [5.41, 5.74) is 2.83. The fraction of sp³-hybridized carbons (Fsp3) is 0.0833. The van der Waals surface area contributed by atoms with E-state index in [0.717, 1.165) is 16.8 Å². The highest BCUT2D eigenvalue weighted by Crippen LogP contribution is 2.23. The standard InChI is InChI=1S/C12H11N3/c1-3-9-8-15-12-10(6-5-7-14-12)11(9)13-4-2/h3-8H,2H2,1H3/b9-3-,13-11?. The molecule has 0 bridgehead atoms. The van der Waals surface area contributed by atoms with E-state index in [2.05, 4.69) is 21.5 Å².